The summed E-state index contributed by atoms with van der Waals surface area (Å²) in [4.78, 5) is 8.00. The number of hydrogen-bond acceptors (Lipinski definition) is 5. The fraction of sp³-hybridized carbons (Fsp3) is 0. The van der Waals surface area contributed by atoms with Crippen LogP contribution >= 0.6 is 22.0 Å². The van der Waals surface area contributed by atoms with Crippen molar-refractivity contribution in [3.63, 3.8) is 0 Å². The summed E-state index contributed by atoms with van der Waals surface area (Å²) in [5.74, 6) is 1.20. The molecule has 1 radical (unpaired) electrons. The summed E-state index contributed by atoms with van der Waals surface area (Å²) in [5, 5.41) is 0. The molecule has 1 aliphatic rings. The van der Waals surface area contributed by atoms with Crippen molar-refractivity contribution in [1.82, 2.24) is 14.7 Å². The first-order valence-electron chi connectivity index (χ1n) is 2.86. The molecule has 2 rings (SSSR count). The van der Waals surface area contributed by atoms with Crippen molar-refractivity contribution < 1.29 is 0 Å². The molecule has 1 aliphatic heterocycles. The van der Waals surface area contributed by atoms with Crippen LogP contribution in [0.2, 0.25) is 0 Å². The fourth-order valence-electron chi connectivity index (χ4n) is 0.617. The molecule has 0 aromatic carbocycles. The first kappa shape index (κ1) is 6.93. The summed E-state index contributed by atoms with van der Waals surface area (Å²) in [6.45, 7) is 0. The Morgan fingerprint density at radius 2 is 1.91 bits per heavy atom. The van der Waals surface area contributed by atoms with Gasteiger partial charge in [0.2, 0.25) is 5.84 Å². The highest BCUT2D eigenvalue weighted by molar-refractivity contribution is 8.76. The second-order valence-electron chi connectivity index (χ2n) is 1.73. The average Bonchev–Trinajstić information content (AvgIpc) is 2.58. The van der Waals surface area contributed by atoms with Gasteiger partial charge in [-0.05, 0) is 6.07 Å². The third-order valence-corrected chi connectivity index (χ3v) is 2.26. The van der Waals surface area contributed by atoms with Crippen LogP contribution in [-0.4, -0.2) is 15.8 Å². The van der Waals surface area contributed by atoms with Crippen molar-refractivity contribution in [3.8, 4) is 0 Å². The van der Waals surface area contributed by atoms with Crippen molar-refractivity contribution >= 4 is 27.8 Å². The Hall–Kier alpha value is -0.750. The van der Waals surface area contributed by atoms with Gasteiger partial charge >= 0.3 is 0 Å². The Morgan fingerprint density at radius 1 is 1.09 bits per heavy atom. The minimum absolute atomic E-state index is 0.588. The van der Waals surface area contributed by atoms with Crippen LogP contribution in [0.3, 0.4) is 0 Å². The van der Waals surface area contributed by atoms with Gasteiger partial charge in [-0.2, -0.15) is 9.12 Å². The van der Waals surface area contributed by atoms with Gasteiger partial charge in [-0.25, -0.2) is 9.97 Å². The third-order valence-electron chi connectivity index (χ3n) is 1.05. The minimum atomic E-state index is 0.588. The van der Waals surface area contributed by atoms with E-state index >= 15 is 0 Å². The smallest absolute Gasteiger partial charge is 0.214 e. The zero-order valence-corrected chi connectivity index (χ0v) is 6.97. The monoisotopic (exact) mass is 183 g/mol. The Morgan fingerprint density at radius 3 is 2.55 bits per heavy atom. The zero-order chi connectivity index (χ0) is 7.52. The van der Waals surface area contributed by atoms with Gasteiger partial charge < -0.3 is 0 Å². The maximum Gasteiger partial charge on any atom is 0.214 e. The third kappa shape index (κ3) is 1.46. The average molecular weight is 183 g/mol. The fourth-order valence-corrected chi connectivity index (χ4v) is 1.74. The minimum Gasteiger partial charge on any atom is -0.234 e. The van der Waals surface area contributed by atoms with Gasteiger partial charge in [0.15, 0.2) is 5.82 Å². The summed E-state index contributed by atoms with van der Waals surface area (Å²) < 4.78 is 8.02. The molecule has 0 unspecified atom stereocenters. The van der Waals surface area contributed by atoms with E-state index in [0.717, 1.165) is 0 Å². The van der Waals surface area contributed by atoms with Crippen molar-refractivity contribution in [2.45, 2.75) is 0 Å². The standard InChI is InChI=1S/C5H3N4S2/c1-2-6-4(7-3-1)5-8-10-11-9-5/h1-3H. The van der Waals surface area contributed by atoms with Crippen LogP contribution in [0.1, 0.15) is 5.82 Å². The van der Waals surface area contributed by atoms with Crippen LogP contribution in [0.15, 0.2) is 22.9 Å². The lowest BCUT2D eigenvalue weighted by molar-refractivity contribution is 1.12. The molecule has 0 fully saturated rings. The van der Waals surface area contributed by atoms with Crippen molar-refractivity contribution in [3.05, 3.63) is 24.3 Å². The van der Waals surface area contributed by atoms with Crippen LogP contribution in [0.5, 0.6) is 0 Å². The second-order valence-corrected chi connectivity index (χ2v) is 3.29. The first-order valence-corrected chi connectivity index (χ1v) is 4.92. The van der Waals surface area contributed by atoms with Crippen LogP contribution in [0, 0.1) is 0 Å². The normalized spacial score (nSPS) is 15.8. The quantitative estimate of drug-likeness (QED) is 0.482. The molecule has 0 bridgehead atoms. The molecule has 0 aliphatic carbocycles. The lowest BCUT2D eigenvalue weighted by Gasteiger charge is -1.92. The highest BCUT2D eigenvalue weighted by Crippen LogP contribution is 2.27. The highest BCUT2D eigenvalue weighted by Gasteiger charge is 2.13. The van der Waals surface area contributed by atoms with E-state index in [9.17, 15) is 0 Å². The second kappa shape index (κ2) is 3.10. The van der Waals surface area contributed by atoms with Crippen LogP contribution in [0.4, 0.5) is 0 Å². The largest absolute Gasteiger partial charge is 0.234 e. The number of hydrogen-bond donors (Lipinski definition) is 0. The molecular weight excluding hydrogens is 180 g/mol. The van der Waals surface area contributed by atoms with E-state index in [0.29, 0.717) is 11.7 Å². The summed E-state index contributed by atoms with van der Waals surface area (Å²) in [6, 6.07) is 1.76. The van der Waals surface area contributed by atoms with E-state index in [1.165, 1.54) is 22.0 Å². The van der Waals surface area contributed by atoms with E-state index in [-0.39, 0.29) is 0 Å². The molecule has 0 N–H and O–H groups in total. The Balaban J connectivity index is 2.29. The summed E-state index contributed by atoms with van der Waals surface area (Å²) in [5.41, 5.74) is 0. The molecule has 1 aromatic rings. The molecule has 4 nitrogen and oxygen atoms in total. The topological polar surface area (TPSA) is 52.2 Å². The molecule has 0 spiro atoms. The van der Waals surface area contributed by atoms with Crippen LogP contribution in [-0.2, 0) is 0 Å². The molecule has 6 heteroatoms. The maximum absolute atomic E-state index is 4.01. The predicted molar refractivity (Wildman–Crippen MR) is 45.9 cm³/mol. The zero-order valence-electron chi connectivity index (χ0n) is 5.34. The number of amidine groups is 1. The Kier molecular flexibility index (Phi) is 1.95. The Labute approximate surface area is 71.6 Å². The van der Waals surface area contributed by atoms with Gasteiger partial charge in [-0.15, -0.1) is 0 Å². The molecule has 11 heavy (non-hydrogen) atoms. The molecular formula is C5H3N4S2. The molecule has 0 saturated carbocycles. The van der Waals surface area contributed by atoms with E-state index in [1.54, 1.807) is 18.5 Å². The Bertz CT molecular complexity index is 273. The number of rotatable bonds is 1. The molecule has 0 saturated heterocycles. The molecule has 1 aromatic heterocycles. The van der Waals surface area contributed by atoms with E-state index in [4.69, 9.17) is 0 Å². The molecule has 0 atom stereocenters. The van der Waals surface area contributed by atoms with Gasteiger partial charge in [-0.1, -0.05) is 0 Å². The van der Waals surface area contributed by atoms with E-state index in [2.05, 4.69) is 19.1 Å². The van der Waals surface area contributed by atoms with Crippen molar-refractivity contribution in [1.29, 1.82) is 0 Å². The van der Waals surface area contributed by atoms with Crippen LogP contribution in [0.25, 0.3) is 0 Å². The maximum atomic E-state index is 4.01. The summed E-state index contributed by atoms with van der Waals surface area (Å²) >= 11 is 0. The van der Waals surface area contributed by atoms with Gasteiger partial charge in [-0.3, -0.25) is 0 Å². The van der Waals surface area contributed by atoms with Crippen molar-refractivity contribution in [2.75, 3.05) is 0 Å². The van der Waals surface area contributed by atoms with Gasteiger partial charge in [0.1, 0.15) is 0 Å². The van der Waals surface area contributed by atoms with E-state index in [1.807, 2.05) is 0 Å². The molecule has 0 amide bonds. The SMILES string of the molecule is c1cnc(C2=NSS[N]2)nc1. The van der Waals surface area contributed by atoms with Gasteiger partial charge in [0.25, 0.3) is 0 Å². The summed E-state index contributed by atoms with van der Waals surface area (Å²) in [6.07, 6.45) is 3.35. The van der Waals surface area contributed by atoms with Gasteiger partial charge in [0.05, 0.1) is 22.0 Å². The van der Waals surface area contributed by atoms with E-state index < -0.39 is 0 Å². The lowest BCUT2D eigenvalue weighted by atomic mass is 10.5. The van der Waals surface area contributed by atoms with Crippen molar-refractivity contribution in [2.24, 2.45) is 4.40 Å². The predicted octanol–water partition coefficient (Wildman–Crippen LogP) is 1.05. The first-order chi connectivity index (χ1) is 5.47. The van der Waals surface area contributed by atoms with Gasteiger partial charge in [0, 0.05) is 12.4 Å². The molecule has 55 valence electrons. The number of nitrogens with zero attached hydrogens (tertiary/aromatic N) is 4. The molecule has 2 heterocycles. The lowest BCUT2D eigenvalue weighted by Crippen LogP contribution is -2.09. The van der Waals surface area contributed by atoms with Crippen LogP contribution < -0.4 is 4.72 Å². The highest BCUT2D eigenvalue weighted by atomic mass is 33.1. The summed E-state index contributed by atoms with van der Waals surface area (Å²) in [7, 11) is 2.67. The number of aromatic nitrogens is 2.